The van der Waals surface area contributed by atoms with E-state index in [1.54, 1.807) is 13.0 Å². The Morgan fingerprint density at radius 3 is 2.47 bits per heavy atom. The van der Waals surface area contributed by atoms with Crippen molar-refractivity contribution in [3.63, 3.8) is 0 Å². The standard InChI is InChI=1S/C10H18N2O3/c1-4-5-8(11)9(13)12-7(3)6(2)10(14)15/h4,6-8H,1,5,11H2,2-3H3,(H,12,13)(H,14,15). The average molecular weight is 214 g/mol. The molecule has 15 heavy (non-hydrogen) atoms. The van der Waals surface area contributed by atoms with Crippen LogP contribution in [0.25, 0.3) is 0 Å². The molecule has 5 heteroatoms. The molecule has 0 aliphatic heterocycles. The first kappa shape index (κ1) is 13.6. The third-order valence-corrected chi connectivity index (χ3v) is 2.27. The normalized spacial score (nSPS) is 16.2. The number of hydrogen-bond donors (Lipinski definition) is 3. The SMILES string of the molecule is C=CCC(N)C(=O)NC(C)C(C)C(=O)O. The molecule has 5 nitrogen and oxygen atoms in total. The molecular formula is C10H18N2O3. The Hall–Kier alpha value is -1.36. The van der Waals surface area contributed by atoms with Crippen LogP contribution in [-0.4, -0.2) is 29.1 Å². The lowest BCUT2D eigenvalue weighted by Gasteiger charge is -2.19. The molecule has 0 saturated heterocycles. The van der Waals surface area contributed by atoms with E-state index in [0.29, 0.717) is 6.42 Å². The van der Waals surface area contributed by atoms with E-state index in [1.165, 1.54) is 6.92 Å². The van der Waals surface area contributed by atoms with Crippen molar-refractivity contribution in [2.75, 3.05) is 0 Å². The van der Waals surface area contributed by atoms with Gasteiger partial charge in [-0.15, -0.1) is 6.58 Å². The molecule has 86 valence electrons. The molecule has 0 spiro atoms. The topological polar surface area (TPSA) is 92.4 Å². The molecule has 0 aromatic rings. The number of hydrogen-bond acceptors (Lipinski definition) is 3. The van der Waals surface area contributed by atoms with Crippen molar-refractivity contribution < 1.29 is 14.7 Å². The first-order valence-electron chi connectivity index (χ1n) is 4.79. The van der Waals surface area contributed by atoms with Gasteiger partial charge in [-0.1, -0.05) is 6.08 Å². The smallest absolute Gasteiger partial charge is 0.308 e. The van der Waals surface area contributed by atoms with Gasteiger partial charge in [0.2, 0.25) is 5.91 Å². The Kier molecular flexibility index (Phi) is 5.62. The van der Waals surface area contributed by atoms with Gasteiger partial charge >= 0.3 is 5.97 Å². The van der Waals surface area contributed by atoms with Gasteiger partial charge in [0, 0.05) is 6.04 Å². The highest BCUT2D eigenvalue weighted by atomic mass is 16.4. The number of rotatable bonds is 6. The second kappa shape index (κ2) is 6.19. The number of nitrogens with one attached hydrogen (secondary N) is 1. The Bertz CT molecular complexity index is 253. The van der Waals surface area contributed by atoms with E-state index < -0.39 is 24.0 Å². The van der Waals surface area contributed by atoms with Gasteiger partial charge in [-0.3, -0.25) is 9.59 Å². The maximum atomic E-state index is 11.4. The second-order valence-electron chi connectivity index (χ2n) is 3.56. The zero-order valence-corrected chi connectivity index (χ0v) is 9.06. The number of carbonyl (C=O) groups is 2. The maximum Gasteiger partial charge on any atom is 0.308 e. The molecule has 0 heterocycles. The number of nitrogens with two attached hydrogens (primary N) is 1. The van der Waals surface area contributed by atoms with Gasteiger partial charge in [0.1, 0.15) is 0 Å². The van der Waals surface area contributed by atoms with E-state index in [9.17, 15) is 9.59 Å². The van der Waals surface area contributed by atoms with E-state index in [-0.39, 0.29) is 5.91 Å². The Labute approximate surface area is 89.3 Å². The summed E-state index contributed by atoms with van der Waals surface area (Å²) in [6.45, 7) is 6.64. The molecular weight excluding hydrogens is 196 g/mol. The van der Waals surface area contributed by atoms with Crippen LogP contribution in [0.4, 0.5) is 0 Å². The van der Waals surface area contributed by atoms with Crippen LogP contribution < -0.4 is 11.1 Å². The van der Waals surface area contributed by atoms with Crippen molar-refractivity contribution in [1.82, 2.24) is 5.32 Å². The highest BCUT2D eigenvalue weighted by Gasteiger charge is 2.22. The van der Waals surface area contributed by atoms with Crippen LogP contribution in [0.1, 0.15) is 20.3 Å². The predicted molar refractivity (Wildman–Crippen MR) is 57.2 cm³/mol. The lowest BCUT2D eigenvalue weighted by Crippen LogP contribution is -2.47. The number of carboxylic acids is 1. The minimum atomic E-state index is -0.944. The Morgan fingerprint density at radius 1 is 1.53 bits per heavy atom. The summed E-state index contributed by atoms with van der Waals surface area (Å²) in [6.07, 6.45) is 1.93. The van der Waals surface area contributed by atoms with Crippen molar-refractivity contribution >= 4 is 11.9 Å². The molecule has 3 unspecified atom stereocenters. The van der Waals surface area contributed by atoms with Crippen LogP contribution in [0.2, 0.25) is 0 Å². The lowest BCUT2D eigenvalue weighted by atomic mass is 10.0. The third kappa shape index (κ3) is 4.60. The van der Waals surface area contributed by atoms with Crippen molar-refractivity contribution in [3.8, 4) is 0 Å². The molecule has 0 rings (SSSR count). The summed E-state index contributed by atoms with van der Waals surface area (Å²) < 4.78 is 0. The quantitative estimate of drug-likeness (QED) is 0.547. The van der Waals surface area contributed by atoms with Crippen LogP contribution in [0.3, 0.4) is 0 Å². The van der Waals surface area contributed by atoms with Gasteiger partial charge in [0.25, 0.3) is 0 Å². The maximum absolute atomic E-state index is 11.4. The Balaban J connectivity index is 4.17. The van der Waals surface area contributed by atoms with Crippen LogP contribution >= 0.6 is 0 Å². The molecule has 0 aliphatic carbocycles. The molecule has 4 N–H and O–H groups in total. The van der Waals surface area contributed by atoms with E-state index >= 15 is 0 Å². The fourth-order valence-electron chi connectivity index (χ4n) is 0.957. The fraction of sp³-hybridized carbons (Fsp3) is 0.600. The zero-order chi connectivity index (χ0) is 12.0. The summed E-state index contributed by atoms with van der Waals surface area (Å²) in [4.78, 5) is 22.0. The minimum absolute atomic E-state index is 0.351. The molecule has 0 aliphatic rings. The molecule has 0 aromatic carbocycles. The van der Waals surface area contributed by atoms with E-state index in [4.69, 9.17) is 10.8 Å². The van der Waals surface area contributed by atoms with E-state index in [1.807, 2.05) is 0 Å². The van der Waals surface area contributed by atoms with Gasteiger partial charge in [-0.2, -0.15) is 0 Å². The van der Waals surface area contributed by atoms with Crippen LogP contribution in [-0.2, 0) is 9.59 Å². The van der Waals surface area contributed by atoms with Crippen molar-refractivity contribution in [2.45, 2.75) is 32.4 Å². The van der Waals surface area contributed by atoms with E-state index in [2.05, 4.69) is 11.9 Å². The molecule has 0 aromatic heterocycles. The molecule has 0 bridgehead atoms. The van der Waals surface area contributed by atoms with Gasteiger partial charge < -0.3 is 16.2 Å². The summed E-state index contributed by atoms with van der Waals surface area (Å²) in [7, 11) is 0. The van der Waals surface area contributed by atoms with Crippen molar-refractivity contribution in [3.05, 3.63) is 12.7 Å². The average Bonchev–Trinajstić information content (AvgIpc) is 2.16. The molecule has 0 radical (unpaired) electrons. The van der Waals surface area contributed by atoms with Gasteiger partial charge in [-0.25, -0.2) is 0 Å². The van der Waals surface area contributed by atoms with Gasteiger partial charge in [-0.05, 0) is 20.3 Å². The highest BCUT2D eigenvalue weighted by molar-refractivity contribution is 5.82. The van der Waals surface area contributed by atoms with Gasteiger partial charge in [0.05, 0.1) is 12.0 Å². The number of aliphatic carboxylic acids is 1. The van der Waals surface area contributed by atoms with Gasteiger partial charge in [0.15, 0.2) is 0 Å². The summed E-state index contributed by atoms with van der Waals surface area (Å²) in [5, 5.41) is 11.3. The summed E-state index contributed by atoms with van der Waals surface area (Å²) in [6, 6.07) is -1.10. The summed E-state index contributed by atoms with van der Waals surface area (Å²) >= 11 is 0. The monoisotopic (exact) mass is 214 g/mol. The second-order valence-corrected chi connectivity index (χ2v) is 3.56. The number of carbonyl (C=O) groups excluding carboxylic acids is 1. The largest absolute Gasteiger partial charge is 0.481 e. The first-order chi connectivity index (χ1) is 6.90. The summed E-state index contributed by atoms with van der Waals surface area (Å²) in [5.41, 5.74) is 5.52. The molecule has 0 fully saturated rings. The van der Waals surface area contributed by atoms with Crippen molar-refractivity contribution in [2.24, 2.45) is 11.7 Å². The number of amides is 1. The predicted octanol–water partition coefficient (Wildman–Crippen LogP) is 0.115. The first-order valence-corrected chi connectivity index (χ1v) is 4.79. The van der Waals surface area contributed by atoms with Crippen LogP contribution in [0, 0.1) is 5.92 Å². The van der Waals surface area contributed by atoms with Crippen LogP contribution in [0.15, 0.2) is 12.7 Å². The number of carboxylic acid groups (broad SMARTS) is 1. The third-order valence-electron chi connectivity index (χ3n) is 2.27. The lowest BCUT2D eigenvalue weighted by molar-refractivity contribution is -0.142. The summed E-state index contributed by atoms with van der Waals surface area (Å²) in [5.74, 6) is -1.93. The van der Waals surface area contributed by atoms with Crippen molar-refractivity contribution in [1.29, 1.82) is 0 Å². The fourth-order valence-corrected chi connectivity index (χ4v) is 0.957. The van der Waals surface area contributed by atoms with Crippen LogP contribution in [0.5, 0.6) is 0 Å². The molecule has 1 amide bonds. The molecule has 0 saturated carbocycles. The highest BCUT2D eigenvalue weighted by Crippen LogP contribution is 2.02. The minimum Gasteiger partial charge on any atom is -0.481 e. The van der Waals surface area contributed by atoms with E-state index in [0.717, 1.165) is 0 Å². The molecule has 3 atom stereocenters. The zero-order valence-electron chi connectivity index (χ0n) is 9.06. The Morgan fingerprint density at radius 2 is 2.07 bits per heavy atom.